The number of para-hydroxylation sites is 6. The molecule has 0 aliphatic heterocycles. The van der Waals surface area contributed by atoms with Crippen molar-refractivity contribution in [2.24, 2.45) is 0 Å². The summed E-state index contributed by atoms with van der Waals surface area (Å²) >= 11 is 0. The first kappa shape index (κ1) is 30.9. The zero-order chi connectivity index (χ0) is 36.7. The average molecular weight is 717 g/mol. The van der Waals surface area contributed by atoms with Crippen LogP contribution in [-0.4, -0.2) is 0 Å². The van der Waals surface area contributed by atoms with Crippen molar-refractivity contribution < 1.29 is 8.83 Å². The van der Waals surface area contributed by atoms with Gasteiger partial charge in [-0.3, -0.25) is 0 Å². The van der Waals surface area contributed by atoms with Crippen LogP contribution in [-0.2, 0) is 0 Å². The van der Waals surface area contributed by atoms with E-state index < -0.39 is 0 Å². The SMILES string of the molecule is c1ccc(N(c2ccc3ccc4c(N(c5ccccc5)c5cccc6c5oc5ccccc56)ccc5ccc2c3c54)c2cccc3c2oc2ccccc23)cc1. The zero-order valence-corrected chi connectivity index (χ0v) is 30.2. The first-order valence-electron chi connectivity index (χ1n) is 19.0. The van der Waals surface area contributed by atoms with Gasteiger partial charge in [0.15, 0.2) is 11.2 Å². The largest absolute Gasteiger partial charge is 0.454 e. The van der Waals surface area contributed by atoms with Crippen molar-refractivity contribution in [2.75, 3.05) is 9.80 Å². The molecule has 12 aromatic rings. The minimum Gasteiger partial charge on any atom is -0.454 e. The molecule has 4 heteroatoms. The van der Waals surface area contributed by atoms with Gasteiger partial charge in [0, 0.05) is 43.7 Å². The van der Waals surface area contributed by atoms with Crippen LogP contribution in [0.15, 0.2) is 203 Å². The number of hydrogen-bond donors (Lipinski definition) is 0. The Morgan fingerprint density at radius 2 is 0.661 bits per heavy atom. The second kappa shape index (κ2) is 12.0. The van der Waals surface area contributed by atoms with Crippen LogP contribution in [0.5, 0.6) is 0 Å². The molecule has 0 saturated carbocycles. The normalized spacial score (nSPS) is 11.9. The Bertz CT molecular complexity index is 3210. The Balaban J connectivity index is 1.13. The molecule has 10 aromatic carbocycles. The number of rotatable bonds is 6. The smallest absolute Gasteiger partial charge is 0.159 e. The highest BCUT2D eigenvalue weighted by Crippen LogP contribution is 2.50. The third-order valence-electron chi connectivity index (χ3n) is 11.4. The number of nitrogens with zero attached hydrogens (tertiary/aromatic N) is 2. The zero-order valence-electron chi connectivity index (χ0n) is 30.2. The Morgan fingerprint density at radius 1 is 0.268 bits per heavy atom. The summed E-state index contributed by atoms with van der Waals surface area (Å²) in [6, 6.07) is 68.9. The minimum atomic E-state index is 0.865. The summed E-state index contributed by atoms with van der Waals surface area (Å²) in [5.74, 6) is 0. The molecule has 0 amide bonds. The van der Waals surface area contributed by atoms with Gasteiger partial charge in [-0.2, -0.15) is 0 Å². The summed E-state index contributed by atoms with van der Waals surface area (Å²) in [7, 11) is 0. The van der Waals surface area contributed by atoms with Crippen molar-refractivity contribution in [3.63, 3.8) is 0 Å². The van der Waals surface area contributed by atoms with E-state index >= 15 is 0 Å². The van der Waals surface area contributed by atoms with Gasteiger partial charge in [-0.1, -0.05) is 133 Å². The first-order valence-corrected chi connectivity index (χ1v) is 19.0. The Labute approximate surface area is 322 Å². The fourth-order valence-corrected chi connectivity index (χ4v) is 8.95. The van der Waals surface area contributed by atoms with Gasteiger partial charge in [0.05, 0.1) is 22.7 Å². The van der Waals surface area contributed by atoms with Crippen LogP contribution in [0.25, 0.3) is 76.2 Å². The number of hydrogen-bond acceptors (Lipinski definition) is 4. The van der Waals surface area contributed by atoms with E-state index in [0.717, 1.165) is 78.0 Å². The van der Waals surface area contributed by atoms with Crippen LogP contribution in [0.3, 0.4) is 0 Å². The molecule has 0 aliphatic carbocycles. The molecule has 0 bridgehead atoms. The summed E-state index contributed by atoms with van der Waals surface area (Å²) < 4.78 is 13.3. The van der Waals surface area contributed by atoms with E-state index in [1.807, 2.05) is 24.3 Å². The molecule has 0 aliphatic rings. The minimum absolute atomic E-state index is 0.865. The molecular formula is C52H32N2O2. The lowest BCUT2D eigenvalue weighted by Gasteiger charge is -2.29. The monoisotopic (exact) mass is 716 g/mol. The van der Waals surface area contributed by atoms with Gasteiger partial charge in [-0.05, 0) is 82.2 Å². The highest BCUT2D eigenvalue weighted by atomic mass is 16.3. The van der Waals surface area contributed by atoms with Crippen molar-refractivity contribution in [3.05, 3.63) is 194 Å². The Morgan fingerprint density at radius 3 is 1.12 bits per heavy atom. The molecule has 0 spiro atoms. The van der Waals surface area contributed by atoms with Crippen LogP contribution in [0.4, 0.5) is 34.1 Å². The van der Waals surface area contributed by atoms with Gasteiger partial charge in [0.2, 0.25) is 0 Å². The number of fused-ring (bicyclic) bond motifs is 6. The molecule has 12 rings (SSSR count). The molecular weight excluding hydrogens is 685 g/mol. The second-order valence-corrected chi connectivity index (χ2v) is 14.4. The van der Waals surface area contributed by atoms with E-state index in [0.29, 0.717) is 0 Å². The van der Waals surface area contributed by atoms with Gasteiger partial charge in [0.25, 0.3) is 0 Å². The van der Waals surface area contributed by atoms with Crippen LogP contribution < -0.4 is 9.80 Å². The van der Waals surface area contributed by atoms with Gasteiger partial charge in [-0.15, -0.1) is 0 Å². The first-order chi connectivity index (χ1) is 27.8. The topological polar surface area (TPSA) is 32.8 Å². The maximum Gasteiger partial charge on any atom is 0.159 e. The third-order valence-corrected chi connectivity index (χ3v) is 11.4. The summed E-state index contributed by atoms with van der Waals surface area (Å²) in [6.45, 7) is 0. The average Bonchev–Trinajstić information content (AvgIpc) is 3.84. The third kappa shape index (κ3) is 4.47. The number of anilines is 6. The second-order valence-electron chi connectivity index (χ2n) is 14.4. The highest BCUT2D eigenvalue weighted by molar-refractivity contribution is 6.28. The van der Waals surface area contributed by atoms with E-state index in [1.54, 1.807) is 0 Å². The molecule has 56 heavy (non-hydrogen) atoms. The maximum absolute atomic E-state index is 6.65. The highest BCUT2D eigenvalue weighted by Gasteiger charge is 2.25. The van der Waals surface area contributed by atoms with Crippen LogP contribution in [0.1, 0.15) is 0 Å². The van der Waals surface area contributed by atoms with Gasteiger partial charge >= 0.3 is 0 Å². The summed E-state index contributed by atoms with van der Waals surface area (Å²) in [4.78, 5) is 4.71. The quantitative estimate of drug-likeness (QED) is 0.160. The number of furan rings is 2. The molecule has 4 nitrogen and oxygen atoms in total. The van der Waals surface area contributed by atoms with E-state index in [-0.39, 0.29) is 0 Å². The van der Waals surface area contributed by atoms with E-state index in [2.05, 4.69) is 180 Å². The lowest BCUT2D eigenvalue weighted by molar-refractivity contribution is 0.669. The number of benzene rings is 10. The van der Waals surface area contributed by atoms with Gasteiger partial charge in [0.1, 0.15) is 11.2 Å². The molecule has 2 aromatic heterocycles. The van der Waals surface area contributed by atoms with Crippen molar-refractivity contribution in [2.45, 2.75) is 0 Å². The van der Waals surface area contributed by atoms with Crippen molar-refractivity contribution in [1.82, 2.24) is 0 Å². The molecule has 2 heterocycles. The molecule has 0 unspecified atom stereocenters. The molecule has 0 radical (unpaired) electrons. The molecule has 0 saturated heterocycles. The van der Waals surface area contributed by atoms with Crippen molar-refractivity contribution >= 4 is 110 Å². The fourth-order valence-electron chi connectivity index (χ4n) is 8.95. The van der Waals surface area contributed by atoms with Crippen molar-refractivity contribution in [1.29, 1.82) is 0 Å². The molecule has 0 atom stereocenters. The van der Waals surface area contributed by atoms with Crippen LogP contribution >= 0.6 is 0 Å². The van der Waals surface area contributed by atoms with E-state index in [9.17, 15) is 0 Å². The lowest BCUT2D eigenvalue weighted by Crippen LogP contribution is -2.11. The van der Waals surface area contributed by atoms with Crippen LogP contribution in [0.2, 0.25) is 0 Å². The van der Waals surface area contributed by atoms with E-state index in [1.165, 1.54) is 32.3 Å². The summed E-state index contributed by atoms with van der Waals surface area (Å²) in [5, 5.41) is 11.6. The lowest BCUT2D eigenvalue weighted by atomic mass is 9.91. The van der Waals surface area contributed by atoms with Gasteiger partial charge < -0.3 is 18.6 Å². The summed E-state index contributed by atoms with van der Waals surface area (Å²) in [6.07, 6.45) is 0. The predicted molar refractivity (Wildman–Crippen MR) is 234 cm³/mol. The van der Waals surface area contributed by atoms with Crippen LogP contribution in [0, 0.1) is 0 Å². The summed E-state index contributed by atoms with van der Waals surface area (Å²) in [5.41, 5.74) is 9.78. The molecule has 262 valence electrons. The predicted octanol–water partition coefficient (Wildman–Crippen LogP) is 15.3. The maximum atomic E-state index is 6.65. The Kier molecular flexibility index (Phi) is 6.60. The molecule has 0 fully saturated rings. The standard InChI is InChI=1S/C52H32N2O2/c1-3-13-35(14-4-1)53(45-21-11-19-39-37-17-7-9-23-47(37)55-51(39)45)43-31-27-33-26-30-42-44(32-28-34-25-29-41(43)49(33)50(34)42)54(36-15-5-2-6-16-36)46-22-12-20-40-38-18-8-10-24-48(38)56-52(40)46/h1-32H. The molecule has 0 N–H and O–H groups in total. The fraction of sp³-hybridized carbons (Fsp3) is 0. The Hall–Kier alpha value is -7.56. The van der Waals surface area contributed by atoms with E-state index in [4.69, 9.17) is 8.83 Å². The van der Waals surface area contributed by atoms with Gasteiger partial charge in [-0.25, -0.2) is 0 Å². The van der Waals surface area contributed by atoms with Crippen molar-refractivity contribution in [3.8, 4) is 0 Å².